The van der Waals surface area contributed by atoms with Crippen molar-refractivity contribution < 1.29 is 34.1 Å². The van der Waals surface area contributed by atoms with Crippen molar-refractivity contribution in [2.45, 2.75) is 32.7 Å². The highest BCUT2D eigenvalue weighted by molar-refractivity contribution is 6.03. The molecule has 1 aromatic rings. The van der Waals surface area contributed by atoms with E-state index in [-0.39, 0.29) is 17.5 Å². The van der Waals surface area contributed by atoms with Gasteiger partial charge in [0.25, 0.3) is 0 Å². The second-order valence-electron chi connectivity index (χ2n) is 4.81. The summed E-state index contributed by atoms with van der Waals surface area (Å²) in [6.07, 6.45) is -0.984. The van der Waals surface area contributed by atoms with Crippen LogP contribution in [0.15, 0.2) is 30.9 Å². The van der Waals surface area contributed by atoms with Crippen LogP contribution in [-0.2, 0) is 20.7 Å². The van der Waals surface area contributed by atoms with Gasteiger partial charge < -0.3 is 19.7 Å². The van der Waals surface area contributed by atoms with Gasteiger partial charge in [0.1, 0.15) is 0 Å². The molecular formula is C16H18O7. The maximum atomic E-state index is 12.1. The maximum Gasteiger partial charge on any atom is 0.342 e. The zero-order valence-corrected chi connectivity index (χ0v) is 12.8. The highest BCUT2D eigenvalue weighted by Gasteiger charge is 2.24. The quantitative estimate of drug-likeness (QED) is 0.445. The first-order chi connectivity index (χ1) is 10.8. The van der Waals surface area contributed by atoms with Gasteiger partial charge in [-0.2, -0.15) is 0 Å². The lowest BCUT2D eigenvalue weighted by Gasteiger charge is -2.15. The number of carboxylic acid groups (broad SMARTS) is 1. The third-order valence-corrected chi connectivity index (χ3v) is 2.82. The van der Waals surface area contributed by atoms with E-state index in [4.69, 9.17) is 9.47 Å². The number of carbonyl (C=O) groups is 3. The van der Waals surface area contributed by atoms with E-state index in [0.29, 0.717) is 5.56 Å². The summed E-state index contributed by atoms with van der Waals surface area (Å²) < 4.78 is 9.60. The Bertz CT molecular complexity index is 619. The van der Waals surface area contributed by atoms with Crippen molar-refractivity contribution in [2.75, 3.05) is 0 Å². The molecule has 0 radical (unpaired) electrons. The molecular weight excluding hydrogens is 304 g/mol. The Morgan fingerprint density at radius 2 is 1.91 bits per heavy atom. The van der Waals surface area contributed by atoms with E-state index in [1.807, 2.05) is 0 Å². The van der Waals surface area contributed by atoms with Gasteiger partial charge in [-0.15, -0.1) is 0 Å². The second kappa shape index (κ2) is 8.09. The number of aromatic carboxylic acids is 1. The Kier molecular flexibility index (Phi) is 6.47. The molecule has 124 valence electrons. The first kappa shape index (κ1) is 18.4. The molecule has 1 rings (SSSR count). The summed E-state index contributed by atoms with van der Waals surface area (Å²) in [7, 11) is 0. The lowest BCUT2D eigenvalue weighted by atomic mass is 9.97. The Labute approximate surface area is 133 Å². The van der Waals surface area contributed by atoms with Crippen molar-refractivity contribution in [3.63, 3.8) is 0 Å². The van der Waals surface area contributed by atoms with Gasteiger partial charge in [-0.05, 0) is 25.0 Å². The van der Waals surface area contributed by atoms with Crippen molar-refractivity contribution in [1.29, 1.82) is 0 Å². The lowest BCUT2D eigenvalue weighted by Crippen LogP contribution is -2.23. The Morgan fingerprint density at radius 1 is 1.26 bits per heavy atom. The summed E-state index contributed by atoms with van der Waals surface area (Å²) in [5, 5.41) is 18.8. The molecule has 0 aliphatic carbocycles. The number of aliphatic hydroxyl groups is 1. The number of esters is 2. The molecule has 23 heavy (non-hydrogen) atoms. The third-order valence-electron chi connectivity index (χ3n) is 2.82. The second-order valence-corrected chi connectivity index (χ2v) is 4.81. The highest BCUT2D eigenvalue weighted by Crippen LogP contribution is 2.19. The number of carboxylic acids is 1. The Hall–Kier alpha value is -2.67. The fourth-order valence-corrected chi connectivity index (χ4v) is 1.96. The van der Waals surface area contributed by atoms with Gasteiger partial charge in [-0.25, -0.2) is 14.4 Å². The van der Waals surface area contributed by atoms with Crippen molar-refractivity contribution in [2.24, 2.45) is 0 Å². The molecule has 0 aliphatic heterocycles. The van der Waals surface area contributed by atoms with E-state index in [0.717, 1.165) is 6.08 Å². The molecule has 7 heteroatoms. The smallest absolute Gasteiger partial charge is 0.342 e. The topological polar surface area (TPSA) is 110 Å². The van der Waals surface area contributed by atoms with Crippen LogP contribution in [0.4, 0.5) is 0 Å². The summed E-state index contributed by atoms with van der Waals surface area (Å²) in [4.78, 5) is 34.6. The lowest BCUT2D eigenvalue weighted by molar-refractivity contribution is -0.159. The molecule has 0 bridgehead atoms. The van der Waals surface area contributed by atoms with Crippen LogP contribution in [0.1, 0.15) is 40.1 Å². The summed E-state index contributed by atoms with van der Waals surface area (Å²) in [6, 6.07) is 4.29. The van der Waals surface area contributed by atoms with Crippen LogP contribution in [0, 0.1) is 0 Å². The third kappa shape index (κ3) is 5.23. The number of hydrogen-bond acceptors (Lipinski definition) is 6. The Morgan fingerprint density at radius 3 is 2.43 bits per heavy atom. The van der Waals surface area contributed by atoms with Crippen LogP contribution in [0.3, 0.4) is 0 Å². The predicted octanol–water partition coefficient (Wildman–Crippen LogP) is 1.54. The average Bonchev–Trinajstić information content (AvgIpc) is 2.45. The number of ether oxygens (including phenoxy) is 2. The van der Waals surface area contributed by atoms with Crippen LogP contribution in [0.25, 0.3) is 0 Å². The summed E-state index contributed by atoms with van der Waals surface area (Å²) in [5.74, 6) is -3.03. The van der Waals surface area contributed by atoms with E-state index in [2.05, 4.69) is 6.58 Å². The number of carbonyl (C=O) groups excluding carboxylic acids is 2. The molecule has 0 aliphatic rings. The fraction of sp³-hybridized carbons (Fsp3) is 0.312. The molecule has 1 aromatic carbocycles. The molecule has 7 nitrogen and oxygen atoms in total. The normalized spacial score (nSPS) is 12.8. The molecule has 0 aromatic heterocycles. The molecule has 0 amide bonds. The number of hydrogen-bond donors (Lipinski definition) is 2. The van der Waals surface area contributed by atoms with Crippen molar-refractivity contribution in [1.82, 2.24) is 0 Å². The zero-order valence-electron chi connectivity index (χ0n) is 12.8. The average molecular weight is 322 g/mol. The van der Waals surface area contributed by atoms with Gasteiger partial charge in [0.2, 0.25) is 6.29 Å². The van der Waals surface area contributed by atoms with Crippen LogP contribution in [-0.4, -0.2) is 40.5 Å². The zero-order chi connectivity index (χ0) is 17.6. The molecule has 2 unspecified atom stereocenters. The molecule has 2 atom stereocenters. The van der Waals surface area contributed by atoms with Gasteiger partial charge in [-0.1, -0.05) is 18.7 Å². The summed E-state index contributed by atoms with van der Waals surface area (Å²) in [5.41, 5.74) is -0.129. The van der Waals surface area contributed by atoms with Gasteiger partial charge in [0, 0.05) is 13.0 Å². The fourth-order valence-electron chi connectivity index (χ4n) is 1.96. The van der Waals surface area contributed by atoms with E-state index in [1.54, 1.807) is 0 Å². The van der Waals surface area contributed by atoms with Crippen molar-refractivity contribution in [3.05, 3.63) is 47.5 Å². The minimum atomic E-state index is -1.32. The minimum absolute atomic E-state index is 0.0732. The van der Waals surface area contributed by atoms with Crippen molar-refractivity contribution in [3.8, 4) is 0 Å². The van der Waals surface area contributed by atoms with E-state index < -0.39 is 30.3 Å². The standard InChI is InChI=1S/C16H18O7/c1-4-13(18)22-10(3)23-16(21)12-7-5-6-11(8-9(2)17)14(12)15(19)20/h4-7,9-10,17H,1,8H2,2-3H3,(H,19,20). The van der Waals surface area contributed by atoms with Crippen LogP contribution in [0.2, 0.25) is 0 Å². The number of rotatable bonds is 7. The Balaban J connectivity index is 3.06. The molecule has 0 saturated heterocycles. The van der Waals surface area contributed by atoms with Crippen LogP contribution >= 0.6 is 0 Å². The van der Waals surface area contributed by atoms with Gasteiger partial charge in [0.05, 0.1) is 17.2 Å². The van der Waals surface area contributed by atoms with Crippen LogP contribution < -0.4 is 0 Å². The molecule has 0 saturated carbocycles. The molecule has 0 fully saturated rings. The van der Waals surface area contributed by atoms with E-state index in [9.17, 15) is 24.6 Å². The maximum absolute atomic E-state index is 12.1. The molecule has 2 N–H and O–H groups in total. The highest BCUT2D eigenvalue weighted by atomic mass is 16.7. The van der Waals surface area contributed by atoms with E-state index >= 15 is 0 Å². The van der Waals surface area contributed by atoms with Gasteiger partial charge in [0.15, 0.2) is 0 Å². The first-order valence-electron chi connectivity index (χ1n) is 6.83. The summed E-state index contributed by atoms with van der Waals surface area (Å²) in [6.45, 7) is 6.04. The van der Waals surface area contributed by atoms with E-state index in [1.165, 1.54) is 32.0 Å². The molecule has 0 heterocycles. The van der Waals surface area contributed by atoms with Crippen molar-refractivity contribution >= 4 is 17.9 Å². The first-order valence-corrected chi connectivity index (χ1v) is 6.83. The monoisotopic (exact) mass is 322 g/mol. The summed E-state index contributed by atoms with van der Waals surface area (Å²) >= 11 is 0. The predicted molar refractivity (Wildman–Crippen MR) is 80.0 cm³/mol. The largest absolute Gasteiger partial charge is 0.478 e. The number of aliphatic hydroxyl groups excluding tert-OH is 1. The SMILES string of the molecule is C=CC(=O)OC(C)OC(=O)c1cccc(CC(C)O)c1C(=O)O. The minimum Gasteiger partial charge on any atom is -0.478 e. The van der Waals surface area contributed by atoms with Crippen LogP contribution in [0.5, 0.6) is 0 Å². The van der Waals surface area contributed by atoms with Gasteiger partial charge >= 0.3 is 17.9 Å². The van der Waals surface area contributed by atoms with Gasteiger partial charge in [-0.3, -0.25) is 0 Å². The molecule has 0 spiro atoms. The number of benzene rings is 1.